The van der Waals surface area contributed by atoms with Gasteiger partial charge in [0, 0.05) is 30.2 Å². The van der Waals surface area contributed by atoms with Crippen LogP contribution >= 0.6 is 11.6 Å². The highest BCUT2D eigenvalue weighted by molar-refractivity contribution is 6.30. The van der Waals surface area contributed by atoms with Gasteiger partial charge in [0.05, 0.1) is 0 Å². The monoisotopic (exact) mass is 310 g/mol. The summed E-state index contributed by atoms with van der Waals surface area (Å²) < 4.78 is 0. The number of halogens is 1. The van der Waals surface area contributed by atoms with Crippen molar-refractivity contribution < 1.29 is 4.79 Å². The number of carbonyl (C=O) groups excluding carboxylic acids is 1. The summed E-state index contributed by atoms with van der Waals surface area (Å²) in [5, 5.41) is 6.45. The van der Waals surface area contributed by atoms with Crippen LogP contribution in [0.25, 0.3) is 0 Å². The molecule has 4 N–H and O–H groups in total. The molecule has 1 aromatic rings. The zero-order chi connectivity index (χ0) is 15.7. The lowest BCUT2D eigenvalue weighted by atomic mass is 10.2. The van der Waals surface area contributed by atoms with E-state index in [1.54, 1.807) is 24.3 Å². The Hall–Kier alpha value is -1.75. The summed E-state index contributed by atoms with van der Waals surface area (Å²) in [6.45, 7) is 5.49. The van der Waals surface area contributed by atoms with Crippen LogP contribution in [0.4, 0.5) is 5.69 Å². The van der Waals surface area contributed by atoms with E-state index in [-0.39, 0.29) is 5.91 Å². The number of amides is 1. The van der Waals surface area contributed by atoms with Gasteiger partial charge in [-0.15, -0.1) is 0 Å². The third-order valence-corrected chi connectivity index (χ3v) is 2.89. The van der Waals surface area contributed by atoms with Gasteiger partial charge in [0.2, 0.25) is 5.91 Å². The molecule has 0 bridgehead atoms. The molecule has 0 aromatic heterocycles. The Bertz CT molecular complexity index is 471. The second-order valence-corrected chi connectivity index (χ2v) is 5.64. The number of nitrogens with zero attached hydrogens (tertiary/aromatic N) is 1. The number of carbonyl (C=O) groups is 1. The molecule has 0 aliphatic carbocycles. The molecular weight excluding hydrogens is 288 g/mol. The Kier molecular flexibility index (Phi) is 7.61. The van der Waals surface area contributed by atoms with Gasteiger partial charge < -0.3 is 16.4 Å². The summed E-state index contributed by atoms with van der Waals surface area (Å²) in [6.07, 6.45) is 1.12. The van der Waals surface area contributed by atoms with Gasteiger partial charge in [0.15, 0.2) is 5.96 Å². The number of rotatable bonds is 7. The van der Waals surface area contributed by atoms with E-state index in [1.807, 2.05) is 0 Å². The molecule has 116 valence electrons. The fourth-order valence-corrected chi connectivity index (χ4v) is 1.68. The maximum absolute atomic E-state index is 11.7. The SMILES string of the molecule is CC(C)CN=C(N)NCCCC(=O)Nc1ccc(Cl)cc1. The first-order chi connectivity index (χ1) is 9.97. The molecule has 0 heterocycles. The molecule has 0 saturated carbocycles. The van der Waals surface area contributed by atoms with Crippen molar-refractivity contribution in [2.75, 3.05) is 18.4 Å². The van der Waals surface area contributed by atoms with Crippen molar-refractivity contribution in [3.05, 3.63) is 29.3 Å². The third-order valence-electron chi connectivity index (χ3n) is 2.64. The van der Waals surface area contributed by atoms with Crippen molar-refractivity contribution in [3.8, 4) is 0 Å². The maximum Gasteiger partial charge on any atom is 0.224 e. The van der Waals surface area contributed by atoms with Crippen LogP contribution in [0.15, 0.2) is 29.3 Å². The van der Waals surface area contributed by atoms with Crippen LogP contribution in [0, 0.1) is 5.92 Å². The highest BCUT2D eigenvalue weighted by atomic mass is 35.5. The molecule has 6 heteroatoms. The van der Waals surface area contributed by atoms with Crippen molar-refractivity contribution >= 4 is 29.2 Å². The summed E-state index contributed by atoms with van der Waals surface area (Å²) in [6, 6.07) is 7.03. The van der Waals surface area contributed by atoms with Gasteiger partial charge in [-0.1, -0.05) is 25.4 Å². The van der Waals surface area contributed by atoms with Crippen LogP contribution in [-0.2, 0) is 4.79 Å². The van der Waals surface area contributed by atoms with Crippen molar-refractivity contribution in [2.24, 2.45) is 16.6 Å². The van der Waals surface area contributed by atoms with Gasteiger partial charge in [-0.05, 0) is 36.6 Å². The second kappa shape index (κ2) is 9.23. The van der Waals surface area contributed by atoms with E-state index in [2.05, 4.69) is 29.5 Å². The first-order valence-electron chi connectivity index (χ1n) is 7.06. The van der Waals surface area contributed by atoms with Gasteiger partial charge in [-0.25, -0.2) is 0 Å². The van der Waals surface area contributed by atoms with Gasteiger partial charge in [0.1, 0.15) is 0 Å². The third kappa shape index (κ3) is 8.19. The number of anilines is 1. The lowest BCUT2D eigenvalue weighted by Crippen LogP contribution is -2.33. The van der Waals surface area contributed by atoms with Crippen LogP contribution in [0.5, 0.6) is 0 Å². The van der Waals surface area contributed by atoms with E-state index < -0.39 is 0 Å². The molecule has 0 saturated heterocycles. The van der Waals surface area contributed by atoms with Crippen LogP contribution in [0.3, 0.4) is 0 Å². The van der Waals surface area contributed by atoms with Crippen molar-refractivity contribution in [3.63, 3.8) is 0 Å². The Labute approximate surface area is 131 Å². The van der Waals surface area contributed by atoms with Gasteiger partial charge in [-0.3, -0.25) is 9.79 Å². The van der Waals surface area contributed by atoms with E-state index in [4.69, 9.17) is 17.3 Å². The molecule has 0 fully saturated rings. The van der Waals surface area contributed by atoms with Crippen LogP contribution in [0.2, 0.25) is 5.02 Å². The standard InChI is InChI=1S/C15H23ClN4O/c1-11(2)10-19-15(17)18-9-3-4-14(21)20-13-7-5-12(16)6-8-13/h5-8,11H,3-4,9-10H2,1-2H3,(H,20,21)(H3,17,18,19). The molecule has 1 aromatic carbocycles. The summed E-state index contributed by atoms with van der Waals surface area (Å²) in [4.78, 5) is 15.9. The summed E-state index contributed by atoms with van der Waals surface area (Å²) in [7, 11) is 0. The van der Waals surface area contributed by atoms with E-state index in [1.165, 1.54) is 0 Å². The van der Waals surface area contributed by atoms with Crippen LogP contribution in [0.1, 0.15) is 26.7 Å². The molecule has 0 unspecified atom stereocenters. The average molecular weight is 311 g/mol. The second-order valence-electron chi connectivity index (χ2n) is 5.21. The summed E-state index contributed by atoms with van der Waals surface area (Å²) in [5.41, 5.74) is 6.45. The number of hydrogen-bond donors (Lipinski definition) is 3. The average Bonchev–Trinajstić information content (AvgIpc) is 2.44. The van der Waals surface area contributed by atoms with Crippen molar-refractivity contribution in [2.45, 2.75) is 26.7 Å². The molecule has 1 amide bonds. The van der Waals surface area contributed by atoms with E-state index in [0.717, 1.165) is 5.69 Å². The highest BCUT2D eigenvalue weighted by Crippen LogP contribution is 2.13. The Balaban J connectivity index is 2.19. The van der Waals surface area contributed by atoms with Gasteiger partial charge >= 0.3 is 0 Å². The predicted molar refractivity (Wildman–Crippen MR) is 88.6 cm³/mol. The predicted octanol–water partition coefficient (Wildman–Crippen LogP) is 2.62. The molecule has 5 nitrogen and oxygen atoms in total. The van der Waals surface area contributed by atoms with Crippen molar-refractivity contribution in [1.29, 1.82) is 0 Å². The molecule has 0 radical (unpaired) electrons. The first kappa shape index (κ1) is 17.3. The van der Waals surface area contributed by atoms with E-state index in [0.29, 0.717) is 42.8 Å². The highest BCUT2D eigenvalue weighted by Gasteiger charge is 2.02. The number of nitrogens with one attached hydrogen (secondary N) is 2. The quantitative estimate of drug-likeness (QED) is 0.411. The molecule has 21 heavy (non-hydrogen) atoms. The largest absolute Gasteiger partial charge is 0.370 e. The molecule has 0 spiro atoms. The van der Waals surface area contributed by atoms with Crippen LogP contribution < -0.4 is 16.4 Å². The Morgan fingerprint density at radius 1 is 1.33 bits per heavy atom. The minimum Gasteiger partial charge on any atom is -0.370 e. The van der Waals surface area contributed by atoms with Gasteiger partial charge in [0.25, 0.3) is 0 Å². The zero-order valence-electron chi connectivity index (χ0n) is 12.5. The number of nitrogens with two attached hydrogens (primary N) is 1. The van der Waals surface area contributed by atoms with Gasteiger partial charge in [-0.2, -0.15) is 0 Å². The Morgan fingerprint density at radius 3 is 2.62 bits per heavy atom. The number of hydrogen-bond acceptors (Lipinski definition) is 2. The Morgan fingerprint density at radius 2 is 2.00 bits per heavy atom. The van der Waals surface area contributed by atoms with Crippen molar-refractivity contribution in [1.82, 2.24) is 5.32 Å². The maximum atomic E-state index is 11.7. The fraction of sp³-hybridized carbons (Fsp3) is 0.467. The lowest BCUT2D eigenvalue weighted by molar-refractivity contribution is -0.116. The smallest absolute Gasteiger partial charge is 0.224 e. The summed E-state index contributed by atoms with van der Waals surface area (Å²) in [5.74, 6) is 0.883. The fourth-order valence-electron chi connectivity index (χ4n) is 1.56. The summed E-state index contributed by atoms with van der Waals surface area (Å²) >= 11 is 5.78. The van der Waals surface area contributed by atoms with E-state index in [9.17, 15) is 4.79 Å². The molecule has 1 rings (SSSR count). The molecule has 0 atom stereocenters. The molecule has 0 aliphatic heterocycles. The van der Waals surface area contributed by atoms with E-state index >= 15 is 0 Å². The zero-order valence-corrected chi connectivity index (χ0v) is 13.3. The van der Waals surface area contributed by atoms with Crippen LogP contribution in [-0.4, -0.2) is 25.0 Å². The number of guanidine groups is 1. The first-order valence-corrected chi connectivity index (χ1v) is 7.44. The molecular formula is C15H23ClN4O. The minimum absolute atomic E-state index is 0.0307. The number of benzene rings is 1. The number of aliphatic imine (C=N–C) groups is 1. The normalized spacial score (nSPS) is 11.5. The minimum atomic E-state index is -0.0307. The molecule has 0 aliphatic rings. The lowest BCUT2D eigenvalue weighted by Gasteiger charge is -2.07. The topological polar surface area (TPSA) is 79.5 Å².